The van der Waals surface area contributed by atoms with Crippen molar-refractivity contribution in [2.75, 3.05) is 19.6 Å². The third kappa shape index (κ3) is 6.97. The van der Waals surface area contributed by atoms with Gasteiger partial charge in [0.1, 0.15) is 6.10 Å². The summed E-state index contributed by atoms with van der Waals surface area (Å²) in [6.07, 6.45) is 25.1. The third-order valence-electron chi connectivity index (χ3n) is 10.7. The first-order valence-corrected chi connectivity index (χ1v) is 17.5. The number of rotatable bonds is 8. The number of fused-ring (bicyclic) bond motifs is 3. The highest BCUT2D eigenvalue weighted by atomic mass is 16.5. The minimum absolute atomic E-state index is 0.207. The lowest BCUT2D eigenvalue weighted by atomic mass is 9.86. The molecular weight excluding hydrogens is 544 g/mol. The van der Waals surface area contributed by atoms with Crippen LogP contribution in [0, 0.1) is 5.92 Å². The molecular formula is C38H50N4O2. The Labute approximate surface area is 263 Å². The van der Waals surface area contributed by atoms with Gasteiger partial charge in [0, 0.05) is 66.4 Å². The van der Waals surface area contributed by atoms with Crippen LogP contribution in [-0.2, 0) is 11.8 Å². The summed E-state index contributed by atoms with van der Waals surface area (Å²) in [6.45, 7) is 3.96. The van der Waals surface area contributed by atoms with Gasteiger partial charge in [-0.2, -0.15) is 0 Å². The van der Waals surface area contributed by atoms with Crippen LogP contribution in [0.25, 0.3) is 32.9 Å². The van der Waals surface area contributed by atoms with Gasteiger partial charge in [0.2, 0.25) is 5.88 Å². The molecule has 3 aromatic heterocycles. The first kappa shape index (κ1) is 29.7. The molecule has 234 valence electrons. The van der Waals surface area contributed by atoms with Gasteiger partial charge in [0.05, 0.1) is 17.7 Å². The summed E-state index contributed by atoms with van der Waals surface area (Å²) in [5.41, 5.74) is 4.66. The van der Waals surface area contributed by atoms with Gasteiger partial charge in [-0.1, -0.05) is 50.7 Å². The maximum Gasteiger partial charge on any atom is 0.213 e. The molecule has 44 heavy (non-hydrogen) atoms. The van der Waals surface area contributed by atoms with Crippen LogP contribution in [0.4, 0.5) is 0 Å². The molecule has 3 aliphatic rings. The second-order valence-corrected chi connectivity index (χ2v) is 13.8. The van der Waals surface area contributed by atoms with Gasteiger partial charge in [-0.05, 0) is 87.8 Å². The number of aromatic nitrogens is 3. The monoisotopic (exact) mass is 594 g/mol. The van der Waals surface area contributed by atoms with Crippen molar-refractivity contribution in [2.24, 2.45) is 13.0 Å². The fourth-order valence-corrected chi connectivity index (χ4v) is 7.86. The average molecular weight is 595 g/mol. The summed E-state index contributed by atoms with van der Waals surface area (Å²) < 4.78 is 15.1. The molecule has 2 unspecified atom stereocenters. The second-order valence-electron chi connectivity index (χ2n) is 13.8. The van der Waals surface area contributed by atoms with Crippen molar-refractivity contribution in [1.29, 1.82) is 0 Å². The van der Waals surface area contributed by atoms with Gasteiger partial charge in [-0.25, -0.2) is 4.98 Å². The molecule has 2 saturated carbocycles. The normalized spacial score (nSPS) is 25.6. The van der Waals surface area contributed by atoms with Crippen LogP contribution in [0.5, 0.6) is 5.88 Å². The van der Waals surface area contributed by atoms with E-state index in [9.17, 15) is 0 Å². The smallest absolute Gasteiger partial charge is 0.213 e. The number of ether oxygens (including phenoxy) is 2. The lowest BCUT2D eigenvalue weighted by molar-refractivity contribution is -0.104. The summed E-state index contributed by atoms with van der Waals surface area (Å²) in [5.74, 6) is 1.59. The van der Waals surface area contributed by atoms with Crippen molar-refractivity contribution < 1.29 is 9.47 Å². The van der Waals surface area contributed by atoms with E-state index in [1.54, 1.807) is 0 Å². The molecule has 4 heterocycles. The zero-order valence-electron chi connectivity index (χ0n) is 26.6. The molecule has 2 aliphatic carbocycles. The summed E-state index contributed by atoms with van der Waals surface area (Å²) in [7, 11) is 2.12. The zero-order valence-corrected chi connectivity index (χ0v) is 26.6. The van der Waals surface area contributed by atoms with Gasteiger partial charge in [0.25, 0.3) is 0 Å². The largest absolute Gasteiger partial charge is 0.474 e. The summed E-state index contributed by atoms with van der Waals surface area (Å²) in [4.78, 5) is 11.8. The number of hydrogen-bond donors (Lipinski definition) is 0. The van der Waals surface area contributed by atoms with Crippen molar-refractivity contribution >= 4 is 21.8 Å². The van der Waals surface area contributed by atoms with E-state index in [-0.39, 0.29) is 6.10 Å². The first-order valence-electron chi connectivity index (χ1n) is 17.5. The summed E-state index contributed by atoms with van der Waals surface area (Å²) in [6, 6.07) is 12.8. The highest BCUT2D eigenvalue weighted by Gasteiger charge is 2.34. The first-order chi connectivity index (χ1) is 21.7. The summed E-state index contributed by atoms with van der Waals surface area (Å²) in [5, 5.41) is 2.42. The zero-order chi connectivity index (χ0) is 29.7. The Morgan fingerprint density at radius 2 is 1.55 bits per heavy atom. The van der Waals surface area contributed by atoms with Gasteiger partial charge in [-0.3, -0.25) is 4.98 Å². The molecule has 2 atom stereocenters. The maximum atomic E-state index is 6.63. The van der Waals surface area contributed by atoms with Crippen LogP contribution >= 0.6 is 0 Å². The van der Waals surface area contributed by atoms with Gasteiger partial charge < -0.3 is 18.9 Å². The Morgan fingerprint density at radius 3 is 2.39 bits per heavy atom. The van der Waals surface area contributed by atoms with Crippen molar-refractivity contribution in [3.8, 4) is 17.0 Å². The Balaban J connectivity index is 0.865. The van der Waals surface area contributed by atoms with Crippen LogP contribution in [0.2, 0.25) is 0 Å². The van der Waals surface area contributed by atoms with Gasteiger partial charge >= 0.3 is 0 Å². The topological polar surface area (TPSA) is 52.4 Å². The van der Waals surface area contributed by atoms with Crippen molar-refractivity contribution in [1.82, 2.24) is 19.4 Å². The number of benzene rings is 1. The van der Waals surface area contributed by atoms with Gasteiger partial charge in [0.15, 0.2) is 0 Å². The van der Waals surface area contributed by atoms with Crippen LogP contribution in [0.3, 0.4) is 0 Å². The Morgan fingerprint density at radius 1 is 0.727 bits per heavy atom. The number of aryl methyl sites for hydroxylation is 1. The lowest BCUT2D eigenvalue weighted by Gasteiger charge is -2.38. The summed E-state index contributed by atoms with van der Waals surface area (Å²) >= 11 is 0. The van der Waals surface area contributed by atoms with E-state index >= 15 is 0 Å². The third-order valence-corrected chi connectivity index (χ3v) is 10.7. The Bertz CT molecular complexity index is 1500. The average Bonchev–Trinajstić information content (AvgIpc) is 3.29. The molecule has 0 N–H and O–H groups in total. The molecule has 1 aliphatic heterocycles. The van der Waals surface area contributed by atoms with Crippen LogP contribution in [-0.4, -0.2) is 57.4 Å². The molecule has 0 radical (unpaired) electrons. The fraction of sp³-hybridized carbons (Fsp3) is 0.579. The molecule has 1 saturated heterocycles. The van der Waals surface area contributed by atoms with Crippen LogP contribution in [0.1, 0.15) is 89.9 Å². The standard InChI is InChI=1S/C38H50N4O2/c1-41-36-17-19-39-27-35(36)34-15-12-29(23-37(34)41)30-13-16-38(40-26-30)44-33-24-32(25-33)43-31-10-6-5-9-28(11-14-31)18-22-42-20-7-3-2-4-8-21-42/h12-13,15-17,19,23,26-28,31-33H,2-11,14,18,20-22,24-25H2,1H3. The van der Waals surface area contributed by atoms with E-state index < -0.39 is 0 Å². The minimum Gasteiger partial charge on any atom is -0.474 e. The number of nitrogens with zero attached hydrogens (tertiary/aromatic N) is 4. The predicted octanol–water partition coefficient (Wildman–Crippen LogP) is 8.71. The number of pyridine rings is 2. The SMILES string of the molecule is Cn1c2ccncc2c2ccc(-c3ccc(OC4CC(OC5CCCCC(CCN6CCCCCCC6)CC5)C4)nc3)cc21. The van der Waals surface area contributed by atoms with E-state index in [4.69, 9.17) is 9.47 Å². The van der Waals surface area contributed by atoms with E-state index in [0.717, 1.165) is 29.9 Å². The number of likely N-dealkylation sites (tertiary alicyclic amines) is 1. The fourth-order valence-electron chi connectivity index (χ4n) is 7.86. The second kappa shape index (κ2) is 14.0. The molecule has 0 amide bonds. The van der Waals surface area contributed by atoms with Crippen molar-refractivity contribution in [2.45, 2.75) is 108 Å². The minimum atomic E-state index is 0.207. The number of hydrogen-bond acceptors (Lipinski definition) is 5. The van der Waals surface area contributed by atoms with E-state index in [1.165, 1.54) is 118 Å². The maximum absolute atomic E-state index is 6.63. The molecule has 3 fully saturated rings. The van der Waals surface area contributed by atoms with E-state index in [1.807, 2.05) is 24.7 Å². The predicted molar refractivity (Wildman–Crippen MR) is 179 cm³/mol. The highest BCUT2D eigenvalue weighted by Crippen LogP contribution is 2.34. The van der Waals surface area contributed by atoms with Crippen LogP contribution in [0.15, 0.2) is 55.0 Å². The Kier molecular flexibility index (Phi) is 9.46. The van der Waals surface area contributed by atoms with Crippen molar-refractivity contribution in [3.63, 3.8) is 0 Å². The van der Waals surface area contributed by atoms with Gasteiger partial charge in [-0.15, -0.1) is 0 Å². The van der Waals surface area contributed by atoms with Crippen molar-refractivity contribution in [3.05, 3.63) is 55.0 Å². The van der Waals surface area contributed by atoms with E-state index in [0.29, 0.717) is 18.1 Å². The molecule has 0 bridgehead atoms. The highest BCUT2D eigenvalue weighted by molar-refractivity contribution is 6.08. The molecule has 6 nitrogen and oxygen atoms in total. The molecule has 7 rings (SSSR count). The quantitative estimate of drug-likeness (QED) is 0.204. The molecule has 1 aromatic carbocycles. The molecule has 4 aromatic rings. The molecule has 0 spiro atoms. The molecule has 6 heteroatoms. The van der Waals surface area contributed by atoms with E-state index in [2.05, 4.69) is 56.8 Å². The van der Waals surface area contributed by atoms with Crippen LogP contribution < -0.4 is 4.74 Å². The Hall–Kier alpha value is -2.96. The lowest BCUT2D eigenvalue weighted by Crippen LogP contribution is -2.41.